The number of carbonyl (C=O) groups is 1. The van der Waals surface area contributed by atoms with Crippen molar-refractivity contribution in [1.29, 1.82) is 0 Å². The fraction of sp³-hybridized carbons (Fsp3) is 0.923. The Morgan fingerprint density at radius 2 is 2.00 bits per heavy atom. The van der Waals surface area contributed by atoms with Crippen molar-refractivity contribution in [2.45, 2.75) is 52.6 Å². The van der Waals surface area contributed by atoms with Crippen LogP contribution in [0.1, 0.15) is 46.5 Å². The van der Waals surface area contributed by atoms with E-state index in [9.17, 15) is 4.79 Å². The lowest BCUT2D eigenvalue weighted by Crippen LogP contribution is -2.43. The molecule has 0 radical (unpaired) electrons. The maximum atomic E-state index is 11.4. The Labute approximate surface area is 91.4 Å². The van der Waals surface area contributed by atoms with Crippen molar-refractivity contribution in [3.8, 4) is 0 Å². The number of hydrogen-bond donors (Lipinski definition) is 0. The lowest BCUT2D eigenvalue weighted by atomic mass is 9.69. The highest BCUT2D eigenvalue weighted by Crippen LogP contribution is 2.69. The van der Waals surface area contributed by atoms with Gasteiger partial charge in [-0.05, 0) is 30.6 Å². The first-order valence-electron chi connectivity index (χ1n) is 6.16. The number of fused-ring (bicyclic) bond motifs is 5. The van der Waals surface area contributed by atoms with Gasteiger partial charge >= 0.3 is 5.97 Å². The minimum absolute atomic E-state index is 0.0285. The normalized spacial score (nSPS) is 51.4. The molecule has 0 amide bonds. The van der Waals surface area contributed by atoms with E-state index in [1.807, 2.05) is 0 Å². The number of rotatable bonds is 0. The summed E-state index contributed by atoms with van der Waals surface area (Å²) in [5, 5.41) is 0. The van der Waals surface area contributed by atoms with E-state index in [-0.39, 0.29) is 17.5 Å². The molecule has 3 aliphatic rings. The minimum Gasteiger partial charge on any atom is -0.461 e. The minimum atomic E-state index is 0.0285. The van der Waals surface area contributed by atoms with E-state index < -0.39 is 0 Å². The van der Waals surface area contributed by atoms with Crippen LogP contribution in [-0.4, -0.2) is 12.1 Å². The zero-order valence-corrected chi connectivity index (χ0v) is 9.88. The third-order valence-electron chi connectivity index (χ3n) is 5.85. The smallest absolute Gasteiger partial charge is 0.306 e. The second-order valence-corrected chi connectivity index (χ2v) is 6.40. The molecule has 2 bridgehead atoms. The van der Waals surface area contributed by atoms with E-state index in [0.717, 1.165) is 12.3 Å². The van der Waals surface area contributed by atoms with Crippen molar-refractivity contribution in [2.24, 2.45) is 22.7 Å². The molecule has 15 heavy (non-hydrogen) atoms. The van der Waals surface area contributed by atoms with E-state index in [0.29, 0.717) is 17.8 Å². The van der Waals surface area contributed by atoms with Crippen molar-refractivity contribution in [2.75, 3.05) is 0 Å². The number of esters is 1. The molecule has 1 heterocycles. The molecule has 2 saturated carbocycles. The summed E-state index contributed by atoms with van der Waals surface area (Å²) in [6.45, 7) is 7.07. The first kappa shape index (κ1) is 9.68. The molecule has 84 valence electrons. The Hall–Kier alpha value is -0.530. The summed E-state index contributed by atoms with van der Waals surface area (Å²) in [6, 6.07) is 0. The van der Waals surface area contributed by atoms with Crippen LogP contribution in [-0.2, 0) is 9.53 Å². The standard InChI is InChI=1S/C13H20O2/c1-12(2)9-6-7-13(12,3)11-8(9)4-5-10(14)15-11/h8-9,11H,4-7H2,1-3H3/t8-,9+,11-,13-/m0/s1. The monoisotopic (exact) mass is 208 g/mol. The van der Waals surface area contributed by atoms with Gasteiger partial charge in [0.2, 0.25) is 0 Å². The van der Waals surface area contributed by atoms with Gasteiger partial charge in [0.15, 0.2) is 0 Å². The summed E-state index contributed by atoms with van der Waals surface area (Å²) in [7, 11) is 0. The Balaban J connectivity index is 2.02. The topological polar surface area (TPSA) is 26.3 Å². The molecule has 0 N–H and O–H groups in total. The van der Waals surface area contributed by atoms with Crippen molar-refractivity contribution >= 4 is 5.97 Å². The summed E-state index contributed by atoms with van der Waals surface area (Å²) in [6.07, 6.45) is 4.49. The molecule has 0 spiro atoms. The highest BCUT2D eigenvalue weighted by atomic mass is 16.5. The number of ether oxygens (including phenoxy) is 1. The molecule has 2 aliphatic carbocycles. The fourth-order valence-electron chi connectivity index (χ4n) is 4.56. The molecular weight excluding hydrogens is 188 g/mol. The van der Waals surface area contributed by atoms with Crippen molar-refractivity contribution in [1.82, 2.24) is 0 Å². The van der Waals surface area contributed by atoms with Gasteiger partial charge in [-0.1, -0.05) is 20.8 Å². The Kier molecular flexibility index (Phi) is 1.67. The summed E-state index contributed by atoms with van der Waals surface area (Å²) in [5.74, 6) is 1.46. The number of carbonyl (C=O) groups excluding carboxylic acids is 1. The van der Waals surface area contributed by atoms with E-state index in [2.05, 4.69) is 20.8 Å². The van der Waals surface area contributed by atoms with Gasteiger partial charge in [-0.25, -0.2) is 0 Å². The van der Waals surface area contributed by atoms with Crippen LogP contribution in [0.5, 0.6) is 0 Å². The van der Waals surface area contributed by atoms with Gasteiger partial charge in [-0.3, -0.25) is 4.79 Å². The van der Waals surface area contributed by atoms with Crippen LogP contribution in [0.25, 0.3) is 0 Å². The Morgan fingerprint density at radius 3 is 2.73 bits per heavy atom. The average Bonchev–Trinajstić information content (AvgIpc) is 2.48. The molecule has 0 unspecified atom stereocenters. The molecule has 1 aliphatic heterocycles. The highest BCUT2D eigenvalue weighted by molar-refractivity contribution is 5.70. The molecule has 1 saturated heterocycles. The van der Waals surface area contributed by atoms with Crippen LogP contribution in [0.4, 0.5) is 0 Å². The van der Waals surface area contributed by atoms with Crippen LogP contribution in [0.15, 0.2) is 0 Å². The molecule has 0 aromatic heterocycles. The van der Waals surface area contributed by atoms with Crippen molar-refractivity contribution < 1.29 is 9.53 Å². The molecule has 2 heteroatoms. The van der Waals surface area contributed by atoms with E-state index >= 15 is 0 Å². The molecule has 0 aromatic carbocycles. The second-order valence-electron chi connectivity index (χ2n) is 6.40. The lowest BCUT2D eigenvalue weighted by molar-refractivity contribution is -0.168. The van der Waals surface area contributed by atoms with Crippen LogP contribution < -0.4 is 0 Å². The third-order valence-corrected chi connectivity index (χ3v) is 5.85. The van der Waals surface area contributed by atoms with Crippen LogP contribution in [0.3, 0.4) is 0 Å². The largest absolute Gasteiger partial charge is 0.461 e. The summed E-state index contributed by atoms with van der Waals surface area (Å²) in [4.78, 5) is 11.4. The van der Waals surface area contributed by atoms with Crippen molar-refractivity contribution in [3.05, 3.63) is 0 Å². The van der Waals surface area contributed by atoms with E-state index in [1.54, 1.807) is 0 Å². The quantitative estimate of drug-likeness (QED) is 0.572. The van der Waals surface area contributed by atoms with Crippen LogP contribution in [0, 0.1) is 22.7 Å². The molecule has 0 aromatic rings. The van der Waals surface area contributed by atoms with Crippen LogP contribution in [0.2, 0.25) is 0 Å². The second kappa shape index (κ2) is 2.58. The predicted molar refractivity (Wildman–Crippen MR) is 57.2 cm³/mol. The summed E-state index contributed by atoms with van der Waals surface area (Å²) >= 11 is 0. The van der Waals surface area contributed by atoms with Gasteiger partial charge in [0.1, 0.15) is 6.10 Å². The molecule has 2 nitrogen and oxygen atoms in total. The lowest BCUT2D eigenvalue weighted by Gasteiger charge is -2.41. The van der Waals surface area contributed by atoms with Gasteiger partial charge < -0.3 is 4.74 Å². The maximum Gasteiger partial charge on any atom is 0.306 e. The Bertz CT molecular complexity index is 320. The Morgan fingerprint density at radius 1 is 1.27 bits per heavy atom. The first-order valence-corrected chi connectivity index (χ1v) is 6.16. The third kappa shape index (κ3) is 0.938. The van der Waals surface area contributed by atoms with Gasteiger partial charge in [0.25, 0.3) is 0 Å². The fourth-order valence-corrected chi connectivity index (χ4v) is 4.56. The van der Waals surface area contributed by atoms with Gasteiger partial charge in [-0.2, -0.15) is 0 Å². The van der Waals surface area contributed by atoms with E-state index in [1.165, 1.54) is 12.8 Å². The van der Waals surface area contributed by atoms with E-state index in [4.69, 9.17) is 4.74 Å². The predicted octanol–water partition coefficient (Wildman–Crippen LogP) is 2.76. The van der Waals surface area contributed by atoms with Gasteiger partial charge in [0.05, 0.1) is 0 Å². The maximum absolute atomic E-state index is 11.4. The summed E-state index contributed by atoms with van der Waals surface area (Å²) < 4.78 is 5.64. The number of hydrogen-bond acceptors (Lipinski definition) is 2. The molecule has 3 fully saturated rings. The zero-order valence-electron chi connectivity index (χ0n) is 9.88. The average molecular weight is 208 g/mol. The highest BCUT2D eigenvalue weighted by Gasteiger charge is 2.68. The molecule has 4 atom stereocenters. The van der Waals surface area contributed by atoms with Gasteiger partial charge in [0, 0.05) is 17.8 Å². The molecular formula is C13H20O2. The SMILES string of the molecule is CC1(C)[C@@H]2CC[C@@]1(C)[C@H]1OC(=O)CC[C@@H]21. The zero-order chi connectivity index (χ0) is 10.8. The van der Waals surface area contributed by atoms with Crippen molar-refractivity contribution in [3.63, 3.8) is 0 Å². The first-order chi connectivity index (χ1) is 6.97. The van der Waals surface area contributed by atoms with Crippen LogP contribution >= 0.6 is 0 Å². The molecule has 3 rings (SSSR count). The van der Waals surface area contributed by atoms with Gasteiger partial charge in [-0.15, -0.1) is 0 Å². The summed E-state index contributed by atoms with van der Waals surface area (Å²) in [5.41, 5.74) is 0.589.